The Morgan fingerprint density at radius 3 is 3.06 bits per heavy atom. The van der Waals surface area contributed by atoms with Crippen molar-refractivity contribution >= 4 is 0 Å². The highest BCUT2D eigenvalue weighted by molar-refractivity contribution is 5.46. The van der Waals surface area contributed by atoms with Crippen molar-refractivity contribution in [1.82, 2.24) is 5.32 Å². The van der Waals surface area contributed by atoms with Crippen molar-refractivity contribution in [2.45, 2.75) is 25.0 Å². The lowest BCUT2D eigenvalue weighted by molar-refractivity contribution is 0.0668. The van der Waals surface area contributed by atoms with Gasteiger partial charge in [-0.15, -0.1) is 0 Å². The Morgan fingerprint density at radius 2 is 2.25 bits per heavy atom. The number of hydrogen-bond donors (Lipinski definition) is 2. The quantitative estimate of drug-likeness (QED) is 0.750. The summed E-state index contributed by atoms with van der Waals surface area (Å²) in [5.74, 6) is 1.57. The van der Waals surface area contributed by atoms with Crippen LogP contribution in [0, 0.1) is 0 Å². The molecule has 3 rings (SSSR count). The summed E-state index contributed by atoms with van der Waals surface area (Å²) in [7, 11) is 0. The van der Waals surface area contributed by atoms with Crippen LogP contribution in [0.4, 0.5) is 0 Å². The van der Waals surface area contributed by atoms with Crippen LogP contribution in [-0.4, -0.2) is 30.4 Å². The molecule has 0 unspecified atom stereocenters. The summed E-state index contributed by atoms with van der Waals surface area (Å²) < 4.78 is 11.5. The number of phenolic OH excluding ortho intramolecular Hbond substituents is 1. The summed E-state index contributed by atoms with van der Waals surface area (Å²) in [4.78, 5) is 0. The van der Waals surface area contributed by atoms with Gasteiger partial charge in [-0.3, -0.25) is 0 Å². The predicted octanol–water partition coefficient (Wildman–Crippen LogP) is 1.28. The van der Waals surface area contributed by atoms with Crippen LogP contribution in [0.5, 0.6) is 17.2 Å². The minimum Gasteiger partial charge on any atom is -0.508 e. The highest BCUT2D eigenvalue weighted by atomic mass is 16.6. The first-order valence-electron chi connectivity index (χ1n) is 5.69. The number of ether oxygens (including phenoxy) is 2. The van der Waals surface area contributed by atoms with Crippen LogP contribution in [0.25, 0.3) is 0 Å². The molecule has 0 amide bonds. The molecule has 2 atom stereocenters. The van der Waals surface area contributed by atoms with Gasteiger partial charge in [-0.1, -0.05) is 0 Å². The maximum absolute atomic E-state index is 9.39. The molecule has 2 aliphatic heterocycles. The van der Waals surface area contributed by atoms with Gasteiger partial charge in [0.15, 0.2) is 11.5 Å². The van der Waals surface area contributed by atoms with Gasteiger partial charge in [0.25, 0.3) is 0 Å². The third kappa shape index (κ3) is 1.69. The molecule has 0 aliphatic carbocycles. The van der Waals surface area contributed by atoms with Crippen LogP contribution < -0.4 is 14.8 Å². The van der Waals surface area contributed by atoms with E-state index in [4.69, 9.17) is 9.47 Å². The van der Waals surface area contributed by atoms with E-state index >= 15 is 0 Å². The SMILES string of the molecule is Oc1ccc2c(c1)O[C@H]([C@@H]1CCCN1)CO2. The van der Waals surface area contributed by atoms with E-state index in [0.29, 0.717) is 24.1 Å². The van der Waals surface area contributed by atoms with E-state index in [1.165, 1.54) is 6.42 Å². The number of benzene rings is 1. The molecule has 0 saturated carbocycles. The van der Waals surface area contributed by atoms with Crippen LogP contribution in [0.3, 0.4) is 0 Å². The van der Waals surface area contributed by atoms with Crippen LogP contribution in [0.2, 0.25) is 0 Å². The molecule has 0 radical (unpaired) electrons. The number of nitrogens with one attached hydrogen (secondary N) is 1. The molecular weight excluding hydrogens is 206 g/mol. The molecule has 86 valence electrons. The second kappa shape index (κ2) is 3.87. The topological polar surface area (TPSA) is 50.7 Å². The first-order valence-corrected chi connectivity index (χ1v) is 5.69. The number of fused-ring (bicyclic) bond motifs is 1. The summed E-state index contributed by atoms with van der Waals surface area (Å²) in [5, 5.41) is 12.8. The van der Waals surface area contributed by atoms with Crippen LogP contribution >= 0.6 is 0 Å². The van der Waals surface area contributed by atoms with Crippen molar-refractivity contribution < 1.29 is 14.6 Å². The third-order valence-corrected chi connectivity index (χ3v) is 3.16. The molecule has 0 aromatic heterocycles. The van der Waals surface area contributed by atoms with E-state index in [9.17, 15) is 5.11 Å². The molecule has 0 spiro atoms. The molecule has 4 heteroatoms. The standard InChI is InChI=1S/C12H15NO3/c14-8-3-4-10-11(6-8)16-12(7-15-10)9-2-1-5-13-9/h3-4,6,9,12-14H,1-2,5,7H2/t9-,12-/m0/s1. The molecule has 16 heavy (non-hydrogen) atoms. The molecule has 2 heterocycles. The lowest BCUT2D eigenvalue weighted by Crippen LogP contribution is -2.44. The fourth-order valence-electron chi connectivity index (χ4n) is 2.30. The Morgan fingerprint density at radius 1 is 1.31 bits per heavy atom. The van der Waals surface area contributed by atoms with E-state index < -0.39 is 0 Å². The molecule has 2 aliphatic rings. The van der Waals surface area contributed by atoms with Crippen LogP contribution in [0.15, 0.2) is 18.2 Å². The van der Waals surface area contributed by atoms with Crippen molar-refractivity contribution in [1.29, 1.82) is 0 Å². The average Bonchev–Trinajstić information content (AvgIpc) is 2.81. The second-order valence-electron chi connectivity index (χ2n) is 4.30. The molecule has 2 N–H and O–H groups in total. The largest absolute Gasteiger partial charge is 0.508 e. The molecule has 1 fully saturated rings. The second-order valence-corrected chi connectivity index (χ2v) is 4.30. The summed E-state index contributed by atoms with van der Waals surface area (Å²) in [6.45, 7) is 1.63. The fraction of sp³-hybridized carbons (Fsp3) is 0.500. The first kappa shape index (κ1) is 9.78. The molecule has 1 aromatic rings. The van der Waals surface area contributed by atoms with Gasteiger partial charge < -0.3 is 19.9 Å². The normalized spacial score (nSPS) is 28.0. The Labute approximate surface area is 94.2 Å². The highest BCUT2D eigenvalue weighted by Crippen LogP contribution is 2.35. The number of phenols is 1. The summed E-state index contributed by atoms with van der Waals surface area (Å²) in [6.07, 6.45) is 2.37. The highest BCUT2D eigenvalue weighted by Gasteiger charge is 2.30. The maximum Gasteiger partial charge on any atom is 0.165 e. The minimum absolute atomic E-state index is 0.0526. The number of aromatic hydroxyl groups is 1. The Hall–Kier alpha value is -1.42. The van der Waals surface area contributed by atoms with E-state index in [1.54, 1.807) is 18.2 Å². The van der Waals surface area contributed by atoms with Gasteiger partial charge in [0, 0.05) is 12.1 Å². The third-order valence-electron chi connectivity index (χ3n) is 3.16. The zero-order chi connectivity index (χ0) is 11.0. The summed E-state index contributed by atoms with van der Waals surface area (Å²) in [5.41, 5.74) is 0. The lowest BCUT2D eigenvalue weighted by atomic mass is 10.1. The van der Waals surface area contributed by atoms with E-state index in [0.717, 1.165) is 13.0 Å². The van der Waals surface area contributed by atoms with Gasteiger partial charge >= 0.3 is 0 Å². The monoisotopic (exact) mass is 221 g/mol. The minimum atomic E-state index is 0.0526. The van der Waals surface area contributed by atoms with Gasteiger partial charge in [0.05, 0.1) is 0 Å². The molecular formula is C12H15NO3. The first-order chi connectivity index (χ1) is 7.83. The smallest absolute Gasteiger partial charge is 0.165 e. The zero-order valence-electron chi connectivity index (χ0n) is 8.98. The van der Waals surface area contributed by atoms with E-state index in [1.807, 2.05) is 0 Å². The van der Waals surface area contributed by atoms with Crippen LogP contribution in [0.1, 0.15) is 12.8 Å². The van der Waals surface area contributed by atoms with Gasteiger partial charge in [0.1, 0.15) is 18.5 Å². The number of rotatable bonds is 1. The number of hydrogen-bond acceptors (Lipinski definition) is 4. The summed E-state index contributed by atoms with van der Waals surface area (Å²) in [6, 6.07) is 5.32. The molecule has 4 nitrogen and oxygen atoms in total. The zero-order valence-corrected chi connectivity index (χ0v) is 8.98. The Balaban J connectivity index is 1.79. The van der Waals surface area contributed by atoms with Gasteiger partial charge in [-0.2, -0.15) is 0 Å². The average molecular weight is 221 g/mol. The lowest BCUT2D eigenvalue weighted by Gasteiger charge is -2.30. The summed E-state index contributed by atoms with van der Waals surface area (Å²) >= 11 is 0. The fourth-order valence-corrected chi connectivity index (χ4v) is 2.30. The van der Waals surface area contributed by atoms with E-state index in [-0.39, 0.29) is 11.9 Å². The molecule has 1 aromatic carbocycles. The molecule has 1 saturated heterocycles. The Bertz CT molecular complexity index is 388. The van der Waals surface area contributed by atoms with Crippen molar-refractivity contribution in [3.8, 4) is 17.2 Å². The van der Waals surface area contributed by atoms with Crippen molar-refractivity contribution in [3.63, 3.8) is 0 Å². The van der Waals surface area contributed by atoms with Crippen molar-refractivity contribution in [2.75, 3.05) is 13.2 Å². The van der Waals surface area contributed by atoms with Crippen molar-refractivity contribution in [3.05, 3.63) is 18.2 Å². The predicted molar refractivity (Wildman–Crippen MR) is 59.0 cm³/mol. The van der Waals surface area contributed by atoms with Gasteiger partial charge in [-0.25, -0.2) is 0 Å². The van der Waals surface area contributed by atoms with E-state index in [2.05, 4.69) is 5.32 Å². The maximum atomic E-state index is 9.39. The Kier molecular flexibility index (Phi) is 2.36. The van der Waals surface area contributed by atoms with Crippen LogP contribution in [-0.2, 0) is 0 Å². The van der Waals surface area contributed by atoms with Crippen molar-refractivity contribution in [2.24, 2.45) is 0 Å². The van der Waals surface area contributed by atoms with Gasteiger partial charge in [0.2, 0.25) is 0 Å². The van der Waals surface area contributed by atoms with Gasteiger partial charge in [-0.05, 0) is 31.5 Å². The molecule has 0 bridgehead atoms.